The maximum absolute atomic E-state index is 13.0. The van der Waals surface area contributed by atoms with Gasteiger partial charge in [0.05, 0.1) is 7.11 Å². The van der Waals surface area contributed by atoms with Crippen molar-refractivity contribution in [2.24, 2.45) is 0 Å². The van der Waals surface area contributed by atoms with Crippen LogP contribution in [0.3, 0.4) is 0 Å². The van der Waals surface area contributed by atoms with Gasteiger partial charge in [-0.25, -0.2) is 0 Å². The zero-order chi connectivity index (χ0) is 18.7. The molecule has 5 nitrogen and oxygen atoms in total. The van der Waals surface area contributed by atoms with Crippen molar-refractivity contribution >= 4 is 18.1 Å². The van der Waals surface area contributed by atoms with E-state index in [1.54, 1.807) is 29.8 Å². The number of carbonyl (C=O) groups is 1. The molecule has 0 aliphatic heterocycles. The quantitative estimate of drug-likeness (QED) is 0.690. The van der Waals surface area contributed by atoms with Crippen molar-refractivity contribution in [3.63, 3.8) is 0 Å². The minimum atomic E-state index is -0.121. The molecule has 0 bridgehead atoms. The molecule has 1 N–H and O–H groups in total. The number of hydrogen-bond donors (Lipinski definition) is 1. The van der Waals surface area contributed by atoms with Gasteiger partial charge < -0.3 is 14.6 Å². The van der Waals surface area contributed by atoms with Crippen molar-refractivity contribution in [3.8, 4) is 11.4 Å². The lowest BCUT2D eigenvalue weighted by Gasteiger charge is -2.20. The highest BCUT2D eigenvalue weighted by molar-refractivity contribution is 7.71. The standard InChI is InChI=1S/C20H21N3O2S/c1-14-9-10-18(25-3)15(11-14)13-22(2)19(24)17-12-21-20(26)23(17)16-7-5-4-6-8-16/h4-12H,13H2,1-3H3,(H,21,26). The van der Waals surface area contributed by atoms with Gasteiger partial charge in [0.15, 0.2) is 4.77 Å². The maximum Gasteiger partial charge on any atom is 0.272 e. The normalized spacial score (nSPS) is 10.6. The number of aromatic amines is 1. The molecule has 0 aliphatic carbocycles. The van der Waals surface area contributed by atoms with E-state index in [0.29, 0.717) is 17.0 Å². The number of ether oxygens (including phenoxy) is 1. The molecule has 1 amide bonds. The predicted octanol–water partition coefficient (Wildman–Crippen LogP) is 4.12. The average Bonchev–Trinajstić information content (AvgIpc) is 3.03. The predicted molar refractivity (Wildman–Crippen MR) is 104 cm³/mol. The molecule has 3 rings (SSSR count). The molecule has 0 aliphatic rings. The summed E-state index contributed by atoms with van der Waals surface area (Å²) < 4.78 is 7.66. The molecule has 1 heterocycles. The summed E-state index contributed by atoms with van der Waals surface area (Å²) >= 11 is 5.36. The monoisotopic (exact) mass is 367 g/mol. The van der Waals surface area contributed by atoms with Crippen LogP contribution in [0.1, 0.15) is 21.6 Å². The number of methoxy groups -OCH3 is 1. The van der Waals surface area contributed by atoms with Crippen molar-refractivity contribution < 1.29 is 9.53 Å². The number of nitrogens with one attached hydrogen (secondary N) is 1. The molecule has 0 saturated carbocycles. The fourth-order valence-corrected chi connectivity index (χ4v) is 3.18. The lowest BCUT2D eigenvalue weighted by molar-refractivity contribution is 0.0776. The Morgan fingerprint density at radius 1 is 1.23 bits per heavy atom. The average molecular weight is 367 g/mol. The fraction of sp³-hybridized carbons (Fsp3) is 0.200. The summed E-state index contributed by atoms with van der Waals surface area (Å²) in [5.41, 5.74) is 3.43. The Balaban J connectivity index is 1.91. The summed E-state index contributed by atoms with van der Waals surface area (Å²) in [6, 6.07) is 15.5. The zero-order valence-electron chi connectivity index (χ0n) is 15.0. The van der Waals surface area contributed by atoms with Crippen LogP contribution in [0.4, 0.5) is 0 Å². The highest BCUT2D eigenvalue weighted by Gasteiger charge is 2.19. The number of aromatic nitrogens is 2. The summed E-state index contributed by atoms with van der Waals surface area (Å²) in [5.74, 6) is 0.647. The Morgan fingerprint density at radius 2 is 1.96 bits per heavy atom. The summed E-state index contributed by atoms with van der Waals surface area (Å²) in [7, 11) is 3.41. The van der Waals surface area contributed by atoms with Crippen molar-refractivity contribution in [2.45, 2.75) is 13.5 Å². The third-order valence-electron chi connectivity index (χ3n) is 4.20. The minimum Gasteiger partial charge on any atom is -0.496 e. The Kier molecular flexibility index (Phi) is 5.23. The second kappa shape index (κ2) is 7.58. The Hall–Kier alpha value is -2.86. The lowest BCUT2D eigenvalue weighted by Crippen LogP contribution is -2.28. The summed E-state index contributed by atoms with van der Waals surface area (Å²) in [4.78, 5) is 17.7. The van der Waals surface area contributed by atoms with Crippen molar-refractivity contribution in [2.75, 3.05) is 14.2 Å². The number of para-hydroxylation sites is 1. The van der Waals surface area contributed by atoms with E-state index in [-0.39, 0.29) is 5.91 Å². The van der Waals surface area contributed by atoms with E-state index in [1.165, 1.54) is 0 Å². The minimum absolute atomic E-state index is 0.121. The number of benzene rings is 2. The largest absolute Gasteiger partial charge is 0.496 e. The molecule has 0 fully saturated rings. The maximum atomic E-state index is 13.0. The van der Waals surface area contributed by atoms with E-state index in [4.69, 9.17) is 17.0 Å². The van der Waals surface area contributed by atoms with Crippen LogP contribution in [0, 0.1) is 11.7 Å². The van der Waals surface area contributed by atoms with Gasteiger partial charge in [0.25, 0.3) is 5.91 Å². The number of amides is 1. The van der Waals surface area contributed by atoms with E-state index in [0.717, 1.165) is 22.6 Å². The van der Waals surface area contributed by atoms with Gasteiger partial charge in [-0.05, 0) is 37.3 Å². The molecular formula is C20H21N3O2S. The van der Waals surface area contributed by atoms with Crippen LogP contribution in [0.15, 0.2) is 54.7 Å². The number of hydrogen-bond acceptors (Lipinski definition) is 3. The molecule has 6 heteroatoms. The van der Waals surface area contributed by atoms with Gasteiger partial charge in [0.1, 0.15) is 11.4 Å². The first-order chi connectivity index (χ1) is 12.5. The van der Waals surface area contributed by atoms with Gasteiger partial charge in [-0.3, -0.25) is 9.36 Å². The number of aryl methyl sites for hydroxylation is 1. The third kappa shape index (κ3) is 3.55. The van der Waals surface area contributed by atoms with Gasteiger partial charge in [0, 0.05) is 31.0 Å². The Bertz CT molecular complexity index is 976. The van der Waals surface area contributed by atoms with Crippen LogP contribution in [-0.2, 0) is 6.54 Å². The molecular weight excluding hydrogens is 346 g/mol. The van der Waals surface area contributed by atoms with Gasteiger partial charge in [-0.15, -0.1) is 0 Å². The van der Waals surface area contributed by atoms with Crippen molar-refractivity contribution in [1.29, 1.82) is 0 Å². The SMILES string of the molecule is COc1ccc(C)cc1CN(C)C(=O)c1c[nH]c(=S)n1-c1ccccc1. The van der Waals surface area contributed by atoms with E-state index < -0.39 is 0 Å². The molecule has 0 atom stereocenters. The molecule has 0 spiro atoms. The smallest absolute Gasteiger partial charge is 0.272 e. The van der Waals surface area contributed by atoms with E-state index in [1.807, 2.05) is 55.5 Å². The summed E-state index contributed by atoms with van der Waals surface area (Å²) in [6.45, 7) is 2.46. The molecule has 26 heavy (non-hydrogen) atoms. The first-order valence-corrected chi connectivity index (χ1v) is 8.67. The molecule has 0 unspecified atom stereocenters. The van der Waals surface area contributed by atoms with Crippen LogP contribution >= 0.6 is 12.2 Å². The summed E-state index contributed by atoms with van der Waals surface area (Å²) in [5, 5.41) is 0. The first-order valence-electron chi connectivity index (χ1n) is 8.26. The van der Waals surface area contributed by atoms with Crippen molar-refractivity contribution in [1.82, 2.24) is 14.5 Å². The lowest BCUT2D eigenvalue weighted by atomic mass is 10.1. The van der Waals surface area contributed by atoms with Gasteiger partial charge in [-0.1, -0.05) is 35.9 Å². The number of carbonyl (C=O) groups excluding carboxylic acids is 1. The van der Waals surface area contributed by atoms with E-state index >= 15 is 0 Å². The van der Waals surface area contributed by atoms with E-state index in [2.05, 4.69) is 4.98 Å². The first kappa shape index (κ1) is 17.9. The molecule has 2 aromatic carbocycles. The molecule has 134 valence electrons. The Labute approximate surface area is 157 Å². The molecule has 3 aromatic rings. The van der Waals surface area contributed by atoms with Crippen LogP contribution in [0.25, 0.3) is 5.69 Å². The summed E-state index contributed by atoms with van der Waals surface area (Å²) in [6.07, 6.45) is 1.65. The molecule has 1 aromatic heterocycles. The zero-order valence-corrected chi connectivity index (χ0v) is 15.8. The topological polar surface area (TPSA) is 50.3 Å². The number of imidazole rings is 1. The third-order valence-corrected chi connectivity index (χ3v) is 4.50. The van der Waals surface area contributed by atoms with Crippen molar-refractivity contribution in [3.05, 3.63) is 76.3 Å². The van der Waals surface area contributed by atoms with Gasteiger partial charge in [0.2, 0.25) is 0 Å². The Morgan fingerprint density at radius 3 is 2.65 bits per heavy atom. The highest BCUT2D eigenvalue weighted by atomic mass is 32.1. The van der Waals surface area contributed by atoms with Crippen LogP contribution in [0.5, 0.6) is 5.75 Å². The van der Waals surface area contributed by atoms with Gasteiger partial charge in [-0.2, -0.15) is 0 Å². The second-order valence-corrected chi connectivity index (χ2v) is 6.51. The van der Waals surface area contributed by atoms with Gasteiger partial charge >= 0.3 is 0 Å². The number of nitrogens with zero attached hydrogens (tertiary/aromatic N) is 2. The van der Waals surface area contributed by atoms with Crippen LogP contribution < -0.4 is 4.74 Å². The van der Waals surface area contributed by atoms with Crippen LogP contribution in [-0.4, -0.2) is 34.5 Å². The number of rotatable bonds is 5. The molecule has 0 saturated heterocycles. The van der Waals surface area contributed by atoms with Crippen LogP contribution in [0.2, 0.25) is 0 Å². The fourth-order valence-electron chi connectivity index (χ4n) is 2.91. The highest BCUT2D eigenvalue weighted by Crippen LogP contribution is 2.22. The second-order valence-electron chi connectivity index (χ2n) is 6.13. The number of H-pyrrole nitrogens is 1. The van der Waals surface area contributed by atoms with E-state index in [9.17, 15) is 4.79 Å². The molecule has 0 radical (unpaired) electrons.